The summed E-state index contributed by atoms with van der Waals surface area (Å²) in [6, 6.07) is -1.09. The number of carboxylic acid groups (broad SMARTS) is 1. The highest BCUT2D eigenvalue weighted by Crippen LogP contribution is 2.41. The molecule has 0 bridgehead atoms. The number of thioether (sulfide) groups is 2. The topological polar surface area (TPSA) is 263 Å². The maximum atomic E-state index is 13.4. The zero-order chi connectivity index (χ0) is 34.0. The Bertz CT molecular complexity index is 1640. The van der Waals surface area contributed by atoms with Crippen LogP contribution in [0.5, 0.6) is 0 Å². The van der Waals surface area contributed by atoms with Crippen LogP contribution in [0.15, 0.2) is 50.6 Å². The Morgan fingerprint density at radius 1 is 1.34 bits per heavy atom. The fraction of sp³-hybridized carbons (Fsp3) is 0.400. The molecule has 47 heavy (non-hydrogen) atoms. The summed E-state index contributed by atoms with van der Waals surface area (Å²) in [6.45, 7) is 2.71. The van der Waals surface area contributed by atoms with Gasteiger partial charge in [-0.25, -0.2) is 25.6 Å². The number of aliphatic imine (C=N–C) groups is 1. The average Bonchev–Trinajstić information content (AvgIpc) is 3.66. The van der Waals surface area contributed by atoms with E-state index in [1.54, 1.807) is 29.4 Å². The van der Waals surface area contributed by atoms with Gasteiger partial charge in [0.15, 0.2) is 16.7 Å². The van der Waals surface area contributed by atoms with Gasteiger partial charge in [0.25, 0.3) is 17.7 Å². The van der Waals surface area contributed by atoms with Gasteiger partial charge in [0.1, 0.15) is 34.6 Å². The molecule has 1 aromatic rings. The van der Waals surface area contributed by atoms with Crippen LogP contribution in [0.2, 0.25) is 0 Å². The molecular weight excluding hydrogens is 679 g/mol. The molecule has 2 atom stereocenters. The number of hydrogen-bond acceptors (Lipinski definition) is 18. The molecule has 0 aliphatic carbocycles. The number of oxime groups is 1. The van der Waals surface area contributed by atoms with Crippen molar-refractivity contribution in [3.8, 4) is 0 Å². The predicted molar refractivity (Wildman–Crippen MR) is 172 cm³/mol. The van der Waals surface area contributed by atoms with Gasteiger partial charge in [-0.15, -0.1) is 40.4 Å². The summed E-state index contributed by atoms with van der Waals surface area (Å²) in [4.78, 5) is 66.3. The van der Waals surface area contributed by atoms with Gasteiger partial charge in [-0.05, 0) is 25.5 Å². The molecule has 252 valence electrons. The number of amides is 3. The van der Waals surface area contributed by atoms with Gasteiger partial charge >= 0.3 is 5.97 Å². The Labute approximate surface area is 279 Å². The number of carbonyl (C=O) groups excluding carboxylic acids is 3. The van der Waals surface area contributed by atoms with Crippen molar-refractivity contribution >= 4 is 74.4 Å². The summed E-state index contributed by atoms with van der Waals surface area (Å²) in [6.07, 6.45) is 3.38. The number of aliphatic hydroxyl groups is 1. The molecule has 1 saturated heterocycles. The number of methoxy groups -OCH3 is 1. The molecule has 1 unspecified atom stereocenters. The minimum atomic E-state index is -1.56. The van der Waals surface area contributed by atoms with E-state index >= 15 is 0 Å². The average molecular weight is 710 g/mol. The van der Waals surface area contributed by atoms with Gasteiger partial charge in [0.2, 0.25) is 5.60 Å². The lowest BCUT2D eigenvalue weighted by atomic mass is 10.0. The number of anilines is 1. The summed E-state index contributed by atoms with van der Waals surface area (Å²) in [5.41, 5.74) is 9.66. The molecule has 5 rings (SSSR count). The van der Waals surface area contributed by atoms with Crippen LogP contribution < -0.4 is 27.9 Å². The molecule has 19 nitrogen and oxygen atoms in total. The molecule has 4 aliphatic heterocycles. The summed E-state index contributed by atoms with van der Waals surface area (Å²) in [5, 5.41) is 31.1. The van der Waals surface area contributed by atoms with E-state index < -0.39 is 40.7 Å². The molecule has 4 aliphatic rings. The normalized spacial score (nSPS) is 21.0. The summed E-state index contributed by atoms with van der Waals surface area (Å²) < 4.78 is 5.12. The number of thiazole rings is 1. The Kier molecular flexibility index (Phi) is 10.1. The number of nitrogens with one attached hydrogen (secondary N) is 3. The fourth-order valence-corrected chi connectivity index (χ4v) is 7.55. The van der Waals surface area contributed by atoms with Crippen molar-refractivity contribution in [1.29, 1.82) is 0 Å². The number of carbonyl (C=O) groups is 4. The van der Waals surface area contributed by atoms with E-state index in [0.29, 0.717) is 22.1 Å². The van der Waals surface area contributed by atoms with Crippen LogP contribution in [0, 0.1) is 0 Å². The number of hydrogen-bond donors (Lipinski definition) is 7. The molecule has 9 N–H and O–H groups in total. The van der Waals surface area contributed by atoms with E-state index in [4.69, 9.17) is 21.2 Å². The minimum Gasteiger partial charge on any atom is -0.477 e. The molecule has 22 heteroatoms. The van der Waals surface area contributed by atoms with E-state index in [9.17, 15) is 29.4 Å². The first-order valence-corrected chi connectivity index (χ1v) is 16.6. The maximum Gasteiger partial charge on any atom is 0.352 e. The number of ether oxygens (including phenoxy) is 1. The van der Waals surface area contributed by atoms with Crippen molar-refractivity contribution in [2.75, 3.05) is 37.7 Å². The highest BCUT2D eigenvalue weighted by molar-refractivity contribution is 8.14. The van der Waals surface area contributed by atoms with Crippen molar-refractivity contribution in [3.63, 3.8) is 0 Å². The fourth-order valence-electron chi connectivity index (χ4n) is 4.58. The van der Waals surface area contributed by atoms with Crippen LogP contribution in [0.3, 0.4) is 0 Å². The third-order valence-corrected chi connectivity index (χ3v) is 9.93. The van der Waals surface area contributed by atoms with Crippen LogP contribution in [-0.4, -0.2) is 114 Å². The van der Waals surface area contributed by atoms with Crippen molar-refractivity contribution < 1.29 is 39.0 Å². The molecule has 1 fully saturated rings. The van der Waals surface area contributed by atoms with Gasteiger partial charge in [-0.1, -0.05) is 5.16 Å². The van der Waals surface area contributed by atoms with Crippen LogP contribution in [0.4, 0.5) is 5.13 Å². The van der Waals surface area contributed by atoms with Gasteiger partial charge in [-0.2, -0.15) is 0 Å². The van der Waals surface area contributed by atoms with Crippen LogP contribution in [0.25, 0.3) is 0 Å². The smallest absolute Gasteiger partial charge is 0.352 e. The third kappa shape index (κ3) is 6.93. The number of nitrogens with two attached hydrogens (primary N) is 2. The molecule has 0 aromatic carbocycles. The second-order valence-electron chi connectivity index (χ2n) is 10.5. The number of aliphatic hydroxyl groups excluding tert-OH is 1. The number of nitrogens with zero attached hydrogens (tertiary/aromatic N) is 6. The first kappa shape index (κ1) is 34.2. The lowest BCUT2D eigenvalue weighted by Crippen LogP contribution is -2.71. The zero-order valence-electron chi connectivity index (χ0n) is 25.1. The largest absolute Gasteiger partial charge is 0.477 e. The third-order valence-electron chi connectivity index (χ3n) is 6.91. The predicted octanol–water partition coefficient (Wildman–Crippen LogP) is -1.59. The SMILES string of the molecule is COCN1C=C2N=C(SCC3=C(C(=O)O)N4C(=O)C(NC(=O)/C(=N\OC(C)(C)C(=O)NN)c5csc(N)n5)[C@H]4SC3)C=C(CO)N2N1. The van der Waals surface area contributed by atoms with Gasteiger partial charge < -0.3 is 30.8 Å². The molecule has 0 spiro atoms. The highest BCUT2D eigenvalue weighted by Gasteiger charge is 2.54. The van der Waals surface area contributed by atoms with Gasteiger partial charge in [0.05, 0.1) is 18.5 Å². The Morgan fingerprint density at radius 3 is 2.74 bits per heavy atom. The summed E-state index contributed by atoms with van der Waals surface area (Å²) in [7, 11) is 1.54. The Morgan fingerprint density at radius 2 is 2.11 bits per heavy atom. The number of aliphatic carboxylic acids is 1. The first-order valence-electron chi connectivity index (χ1n) is 13.6. The standard InChI is InChI=1S/C25H31N11O8S3/c1-25(2,23(42)31-27)44-32-16(13-9-47-24(26)28-13)19(38)30-17-20(39)35-18(22(40)41)11(8-46-21(17)35)7-45-15-4-12(6-37)36-14(29-15)5-34(33-36)10-43-3/h4-5,9,17,21,33,37H,6-8,10,27H2,1-3H3,(H2,26,28)(H,30,38)(H,31,42)(H,40,41)/b32-16-/t17?,21-/m1/s1. The van der Waals surface area contributed by atoms with Gasteiger partial charge in [-0.3, -0.25) is 29.7 Å². The number of aromatic nitrogens is 1. The lowest BCUT2D eigenvalue weighted by molar-refractivity contribution is -0.150. The highest BCUT2D eigenvalue weighted by atomic mass is 32.2. The Balaban J connectivity index is 1.30. The van der Waals surface area contributed by atoms with Crippen LogP contribution >= 0.6 is 34.9 Å². The molecule has 0 radical (unpaired) electrons. The summed E-state index contributed by atoms with van der Waals surface area (Å²) in [5.74, 6) is 2.67. The maximum absolute atomic E-state index is 13.4. The molecular formula is C25H31N11O8S3. The van der Waals surface area contributed by atoms with Crippen LogP contribution in [0.1, 0.15) is 19.5 Å². The molecule has 1 aromatic heterocycles. The van der Waals surface area contributed by atoms with E-state index in [1.807, 2.05) is 5.43 Å². The number of nitrogen functional groups attached to an aromatic ring is 1. The van der Waals surface area contributed by atoms with E-state index in [0.717, 1.165) is 16.2 Å². The second kappa shape index (κ2) is 13.9. The van der Waals surface area contributed by atoms with Gasteiger partial charge in [0, 0.05) is 24.0 Å². The monoisotopic (exact) mass is 709 g/mol. The summed E-state index contributed by atoms with van der Waals surface area (Å²) >= 11 is 3.58. The molecule has 0 saturated carbocycles. The van der Waals surface area contributed by atoms with Crippen molar-refractivity contribution in [1.82, 2.24) is 36.2 Å². The number of β-lactam (4-membered cyclic amide) rings is 1. The van der Waals surface area contributed by atoms with Crippen LogP contribution in [-0.2, 0) is 28.8 Å². The number of rotatable bonds is 12. The number of fused-ring (bicyclic) bond motifs is 2. The number of hydrazine groups is 3. The molecule has 5 heterocycles. The van der Waals surface area contributed by atoms with E-state index in [1.165, 1.54) is 42.8 Å². The quantitative estimate of drug-likeness (QED) is 0.0424. The Hall–Kier alpha value is -4.19. The number of carboxylic acids is 1. The minimum absolute atomic E-state index is 0.0435. The van der Waals surface area contributed by atoms with E-state index in [2.05, 4.69) is 26.0 Å². The first-order chi connectivity index (χ1) is 22.4. The zero-order valence-corrected chi connectivity index (χ0v) is 27.6. The molecule has 3 amide bonds. The van der Waals surface area contributed by atoms with Crippen molar-refractivity contribution in [2.24, 2.45) is 16.0 Å². The van der Waals surface area contributed by atoms with Crippen molar-refractivity contribution in [3.05, 3.63) is 46.1 Å². The lowest BCUT2D eigenvalue weighted by Gasteiger charge is -2.49. The van der Waals surface area contributed by atoms with E-state index in [-0.39, 0.29) is 47.1 Å². The second-order valence-corrected chi connectivity index (χ2v) is 13.5. The van der Waals surface area contributed by atoms with Crippen molar-refractivity contribution in [2.45, 2.75) is 30.9 Å².